The van der Waals surface area contributed by atoms with Crippen LogP contribution < -0.4 is 10.1 Å². The Balaban J connectivity index is 2.56. The van der Waals surface area contributed by atoms with Crippen molar-refractivity contribution in [3.8, 4) is 5.75 Å². The minimum atomic E-state index is 0.134. The van der Waals surface area contributed by atoms with Gasteiger partial charge in [0.2, 0.25) is 5.91 Å². The van der Waals surface area contributed by atoms with Crippen molar-refractivity contribution in [2.75, 3.05) is 32.1 Å². The summed E-state index contributed by atoms with van der Waals surface area (Å²) >= 11 is 0. The van der Waals surface area contributed by atoms with E-state index >= 15 is 0 Å². The molecule has 0 saturated heterocycles. The standard InChI is InChI=1S/C15H24N2O2/c1-4-10-17(11-5-2)15(18)12-16-13-8-6-7-9-14(13)19-3/h6-9,16H,4-5,10-12H2,1-3H3. The summed E-state index contributed by atoms with van der Waals surface area (Å²) < 4.78 is 5.25. The van der Waals surface area contributed by atoms with Crippen LogP contribution in [0, 0.1) is 0 Å². The van der Waals surface area contributed by atoms with Crippen molar-refractivity contribution in [1.82, 2.24) is 4.90 Å². The highest BCUT2D eigenvalue weighted by molar-refractivity contribution is 5.81. The first-order valence-corrected chi connectivity index (χ1v) is 6.87. The number of carbonyl (C=O) groups is 1. The van der Waals surface area contributed by atoms with Gasteiger partial charge in [0.15, 0.2) is 0 Å². The molecular formula is C15H24N2O2. The second kappa shape index (κ2) is 8.40. The minimum absolute atomic E-state index is 0.134. The Bertz CT molecular complexity index is 387. The van der Waals surface area contributed by atoms with Crippen molar-refractivity contribution in [3.05, 3.63) is 24.3 Å². The molecule has 1 aromatic rings. The average Bonchev–Trinajstić information content (AvgIpc) is 2.44. The lowest BCUT2D eigenvalue weighted by atomic mass is 10.3. The van der Waals surface area contributed by atoms with Crippen LogP contribution >= 0.6 is 0 Å². The molecule has 1 N–H and O–H groups in total. The molecule has 0 fully saturated rings. The van der Waals surface area contributed by atoms with Crippen molar-refractivity contribution in [3.63, 3.8) is 0 Å². The van der Waals surface area contributed by atoms with E-state index < -0.39 is 0 Å². The Kier molecular flexibility index (Phi) is 6.79. The van der Waals surface area contributed by atoms with Crippen molar-refractivity contribution in [2.45, 2.75) is 26.7 Å². The van der Waals surface area contributed by atoms with Gasteiger partial charge in [-0.1, -0.05) is 26.0 Å². The maximum absolute atomic E-state index is 12.1. The molecule has 0 heterocycles. The van der Waals surface area contributed by atoms with Gasteiger partial charge in [0.25, 0.3) is 0 Å². The number of benzene rings is 1. The molecule has 1 amide bonds. The van der Waals surface area contributed by atoms with Gasteiger partial charge in [-0.25, -0.2) is 0 Å². The normalized spacial score (nSPS) is 10.1. The summed E-state index contributed by atoms with van der Waals surface area (Å²) in [5.41, 5.74) is 0.853. The first-order chi connectivity index (χ1) is 9.22. The largest absolute Gasteiger partial charge is 0.495 e. The zero-order valence-electron chi connectivity index (χ0n) is 12.1. The maximum atomic E-state index is 12.1. The van der Waals surface area contributed by atoms with Crippen LogP contribution in [0.2, 0.25) is 0 Å². The molecule has 0 atom stereocenters. The number of hydrogen-bond acceptors (Lipinski definition) is 3. The van der Waals surface area contributed by atoms with Crippen LogP contribution in [-0.2, 0) is 4.79 Å². The maximum Gasteiger partial charge on any atom is 0.241 e. The zero-order valence-corrected chi connectivity index (χ0v) is 12.1. The first kappa shape index (κ1) is 15.3. The summed E-state index contributed by atoms with van der Waals surface area (Å²) in [5.74, 6) is 0.891. The average molecular weight is 264 g/mol. The number of methoxy groups -OCH3 is 1. The molecule has 106 valence electrons. The summed E-state index contributed by atoms with van der Waals surface area (Å²) in [6.45, 7) is 6.12. The van der Waals surface area contributed by atoms with E-state index in [0.717, 1.165) is 37.4 Å². The lowest BCUT2D eigenvalue weighted by Crippen LogP contribution is -2.36. The molecule has 0 saturated carbocycles. The Hall–Kier alpha value is -1.71. The highest BCUT2D eigenvalue weighted by Crippen LogP contribution is 2.22. The van der Waals surface area contributed by atoms with Crippen LogP contribution in [0.1, 0.15) is 26.7 Å². The van der Waals surface area contributed by atoms with Crippen LogP contribution in [0.25, 0.3) is 0 Å². The van der Waals surface area contributed by atoms with Crippen molar-refractivity contribution >= 4 is 11.6 Å². The quantitative estimate of drug-likeness (QED) is 0.785. The van der Waals surface area contributed by atoms with Crippen LogP contribution in [-0.4, -0.2) is 37.6 Å². The number of rotatable bonds is 8. The van der Waals surface area contributed by atoms with E-state index in [1.54, 1.807) is 7.11 Å². The van der Waals surface area contributed by atoms with Gasteiger partial charge in [-0.15, -0.1) is 0 Å². The SMILES string of the molecule is CCCN(CCC)C(=O)CNc1ccccc1OC. The smallest absolute Gasteiger partial charge is 0.241 e. The molecule has 4 heteroatoms. The van der Waals surface area contributed by atoms with Crippen LogP contribution in [0.3, 0.4) is 0 Å². The third kappa shape index (κ3) is 4.81. The monoisotopic (exact) mass is 264 g/mol. The van der Waals surface area contributed by atoms with Crippen molar-refractivity contribution < 1.29 is 9.53 Å². The molecule has 0 spiro atoms. The van der Waals surface area contributed by atoms with Gasteiger partial charge in [0.1, 0.15) is 5.75 Å². The highest BCUT2D eigenvalue weighted by atomic mass is 16.5. The fraction of sp³-hybridized carbons (Fsp3) is 0.533. The number of amides is 1. The number of carbonyl (C=O) groups excluding carboxylic acids is 1. The molecule has 0 aliphatic rings. The molecule has 0 aromatic heterocycles. The third-order valence-corrected chi connectivity index (χ3v) is 2.88. The summed E-state index contributed by atoms with van der Waals surface area (Å²) in [6, 6.07) is 7.62. The van der Waals surface area contributed by atoms with E-state index in [2.05, 4.69) is 19.2 Å². The van der Waals surface area contributed by atoms with Crippen molar-refractivity contribution in [1.29, 1.82) is 0 Å². The Morgan fingerprint density at radius 2 is 1.84 bits per heavy atom. The van der Waals surface area contributed by atoms with Gasteiger partial charge in [0, 0.05) is 13.1 Å². The predicted molar refractivity (Wildman–Crippen MR) is 78.6 cm³/mol. The molecule has 0 bridgehead atoms. The molecular weight excluding hydrogens is 240 g/mol. The minimum Gasteiger partial charge on any atom is -0.495 e. The van der Waals surface area contributed by atoms with Gasteiger partial charge < -0.3 is 15.0 Å². The molecule has 1 rings (SSSR count). The van der Waals surface area contributed by atoms with Crippen LogP contribution in [0.15, 0.2) is 24.3 Å². The summed E-state index contributed by atoms with van der Waals surface area (Å²) in [6.07, 6.45) is 1.97. The number of hydrogen-bond donors (Lipinski definition) is 1. The Morgan fingerprint density at radius 3 is 2.42 bits per heavy atom. The van der Waals surface area contributed by atoms with Gasteiger partial charge in [-0.3, -0.25) is 4.79 Å². The number of para-hydroxylation sites is 2. The Morgan fingerprint density at radius 1 is 1.21 bits per heavy atom. The number of ether oxygens (including phenoxy) is 1. The molecule has 0 radical (unpaired) electrons. The molecule has 4 nitrogen and oxygen atoms in total. The topological polar surface area (TPSA) is 41.6 Å². The van der Waals surface area contributed by atoms with Gasteiger partial charge in [-0.05, 0) is 25.0 Å². The van der Waals surface area contributed by atoms with E-state index in [9.17, 15) is 4.79 Å². The van der Waals surface area contributed by atoms with E-state index in [0.29, 0.717) is 6.54 Å². The summed E-state index contributed by atoms with van der Waals surface area (Å²) in [5, 5.41) is 3.15. The zero-order chi connectivity index (χ0) is 14.1. The fourth-order valence-corrected chi connectivity index (χ4v) is 1.97. The predicted octanol–water partition coefficient (Wildman–Crippen LogP) is 2.76. The number of nitrogens with zero attached hydrogens (tertiary/aromatic N) is 1. The third-order valence-electron chi connectivity index (χ3n) is 2.88. The van der Waals surface area contributed by atoms with Crippen molar-refractivity contribution in [2.24, 2.45) is 0 Å². The van der Waals surface area contributed by atoms with E-state index in [1.165, 1.54) is 0 Å². The second-order valence-electron chi connectivity index (χ2n) is 4.43. The van der Waals surface area contributed by atoms with E-state index in [-0.39, 0.29) is 5.91 Å². The second-order valence-corrected chi connectivity index (χ2v) is 4.43. The van der Waals surface area contributed by atoms with E-state index in [4.69, 9.17) is 4.74 Å². The summed E-state index contributed by atoms with van der Waals surface area (Å²) in [7, 11) is 1.63. The van der Waals surface area contributed by atoms with Gasteiger partial charge in [-0.2, -0.15) is 0 Å². The van der Waals surface area contributed by atoms with E-state index in [1.807, 2.05) is 29.2 Å². The first-order valence-electron chi connectivity index (χ1n) is 6.87. The lowest BCUT2D eigenvalue weighted by molar-refractivity contribution is -0.129. The molecule has 1 aromatic carbocycles. The Labute approximate surface area is 115 Å². The highest BCUT2D eigenvalue weighted by Gasteiger charge is 2.12. The molecule has 0 aliphatic heterocycles. The molecule has 19 heavy (non-hydrogen) atoms. The molecule has 0 unspecified atom stereocenters. The lowest BCUT2D eigenvalue weighted by Gasteiger charge is -2.22. The van der Waals surface area contributed by atoms with Gasteiger partial charge >= 0.3 is 0 Å². The molecule has 0 aliphatic carbocycles. The van der Waals surface area contributed by atoms with Gasteiger partial charge in [0.05, 0.1) is 19.3 Å². The number of anilines is 1. The fourth-order valence-electron chi connectivity index (χ4n) is 1.97. The van der Waals surface area contributed by atoms with Crippen LogP contribution in [0.5, 0.6) is 5.75 Å². The summed E-state index contributed by atoms with van der Waals surface area (Å²) in [4.78, 5) is 14.0. The van der Waals surface area contributed by atoms with Crippen LogP contribution in [0.4, 0.5) is 5.69 Å². The number of nitrogens with one attached hydrogen (secondary N) is 1.